The number of halogens is 12. The molecule has 0 unspecified atom stereocenters. The molecule has 310 valence electrons. The molecule has 2 heterocycles. The first-order chi connectivity index (χ1) is 29.3. The van der Waals surface area contributed by atoms with E-state index in [4.69, 9.17) is 0 Å². The molecule has 9 rings (SSSR count). The lowest BCUT2D eigenvalue weighted by molar-refractivity contribution is -0.143. The van der Waals surface area contributed by atoms with Gasteiger partial charge in [0.1, 0.15) is 0 Å². The van der Waals surface area contributed by atoms with Gasteiger partial charge in [-0.05, 0) is 96.1 Å². The summed E-state index contributed by atoms with van der Waals surface area (Å²) in [5, 5.41) is 11.8. The third kappa shape index (κ3) is 6.57. The minimum absolute atomic E-state index is 0.00390. The van der Waals surface area contributed by atoms with E-state index in [1.54, 1.807) is 63.7 Å². The zero-order valence-corrected chi connectivity index (χ0v) is 31.2. The summed E-state index contributed by atoms with van der Waals surface area (Å²) in [6.07, 6.45) is -19.9. The highest BCUT2D eigenvalue weighted by molar-refractivity contribution is 6.12. The molecule has 0 spiro atoms. The Balaban J connectivity index is 1.43. The fourth-order valence-corrected chi connectivity index (χ4v) is 8.23. The van der Waals surface area contributed by atoms with Crippen LogP contribution in [-0.2, 0) is 24.7 Å². The van der Waals surface area contributed by atoms with Gasteiger partial charge in [0.2, 0.25) is 0 Å². The summed E-state index contributed by atoms with van der Waals surface area (Å²) in [6, 6.07) is 30.7. The van der Waals surface area contributed by atoms with Gasteiger partial charge in [0.15, 0.2) is 0 Å². The number of para-hydroxylation sites is 2. The normalized spacial score (nSPS) is 12.8. The molecular weight excluding hydrogens is 835 g/mol. The smallest absolute Gasteiger partial charge is 0.309 e. The van der Waals surface area contributed by atoms with Crippen LogP contribution in [0.4, 0.5) is 52.7 Å². The molecule has 0 aliphatic carbocycles. The van der Waals surface area contributed by atoms with Gasteiger partial charge >= 0.3 is 24.7 Å². The average molecular weight is 858 g/mol. The molecule has 2 aromatic heterocycles. The Hall–Kier alpha value is -7.21. The third-order valence-corrected chi connectivity index (χ3v) is 10.9. The van der Waals surface area contributed by atoms with Gasteiger partial charge in [-0.1, -0.05) is 54.6 Å². The quantitative estimate of drug-likeness (QED) is 0.162. The van der Waals surface area contributed by atoms with E-state index in [-0.39, 0.29) is 61.5 Å². The predicted molar refractivity (Wildman–Crippen MR) is 211 cm³/mol. The number of hydrogen-bond acceptors (Lipinski definition) is 1. The van der Waals surface area contributed by atoms with E-state index in [1.165, 1.54) is 42.5 Å². The van der Waals surface area contributed by atoms with Crippen molar-refractivity contribution in [2.24, 2.45) is 0 Å². The van der Waals surface area contributed by atoms with Crippen LogP contribution in [0, 0.1) is 11.3 Å². The van der Waals surface area contributed by atoms with Crippen LogP contribution in [0.3, 0.4) is 0 Å². The molecule has 62 heavy (non-hydrogen) atoms. The Morgan fingerprint density at radius 3 is 1.39 bits per heavy atom. The van der Waals surface area contributed by atoms with Gasteiger partial charge < -0.3 is 9.13 Å². The summed E-state index contributed by atoms with van der Waals surface area (Å²) in [7, 11) is 0. The second-order valence-corrected chi connectivity index (χ2v) is 14.5. The molecule has 3 nitrogen and oxygen atoms in total. The molecule has 15 heteroatoms. The summed E-state index contributed by atoms with van der Waals surface area (Å²) in [5.74, 6) is 0. The molecule has 0 aliphatic heterocycles. The van der Waals surface area contributed by atoms with E-state index < -0.39 is 52.5 Å². The fraction of sp³-hybridized carbons (Fsp3) is 0.0851. The summed E-state index contributed by atoms with van der Waals surface area (Å²) in [5.41, 5.74) is -4.40. The van der Waals surface area contributed by atoms with E-state index in [0.29, 0.717) is 33.9 Å². The van der Waals surface area contributed by atoms with Crippen LogP contribution in [0.25, 0.3) is 77.2 Å². The summed E-state index contributed by atoms with van der Waals surface area (Å²) in [6.45, 7) is 0. The molecule has 0 fully saturated rings. The minimum Gasteiger partial charge on any atom is -0.309 e. The van der Waals surface area contributed by atoms with Gasteiger partial charge in [-0.2, -0.15) is 57.9 Å². The molecular formula is C47H23F12N3. The number of hydrogen-bond donors (Lipinski definition) is 0. The molecule has 9 aromatic rings. The number of alkyl halides is 12. The maximum Gasteiger partial charge on any atom is 0.417 e. The van der Waals surface area contributed by atoms with Gasteiger partial charge in [0, 0.05) is 32.7 Å². The molecule has 0 aliphatic rings. The second-order valence-electron chi connectivity index (χ2n) is 14.5. The summed E-state index contributed by atoms with van der Waals surface area (Å²) >= 11 is 0. The van der Waals surface area contributed by atoms with Gasteiger partial charge in [0.05, 0.1) is 67.3 Å². The second kappa shape index (κ2) is 13.9. The Kier molecular flexibility index (Phi) is 9.02. The Morgan fingerprint density at radius 2 is 0.871 bits per heavy atom. The van der Waals surface area contributed by atoms with E-state index in [9.17, 15) is 57.9 Å². The van der Waals surface area contributed by atoms with Crippen molar-refractivity contribution in [1.82, 2.24) is 9.13 Å². The summed E-state index contributed by atoms with van der Waals surface area (Å²) < 4.78 is 173. The van der Waals surface area contributed by atoms with Crippen molar-refractivity contribution in [1.29, 1.82) is 5.26 Å². The van der Waals surface area contributed by atoms with Crippen molar-refractivity contribution in [2.75, 3.05) is 0 Å². The molecule has 0 N–H and O–H groups in total. The lowest BCUT2D eigenvalue weighted by Crippen LogP contribution is -2.12. The SMILES string of the molecule is N#Cc1cccc(-n2c3ccccc3c3cc(C(F)(F)F)ccc32)c1-c1cc(-c2ccc(C(F)(F)F)cc2C(F)(F)F)ccc1-n1c2ccccc2c2cc(C(F)(F)F)ccc21. The largest absolute Gasteiger partial charge is 0.417 e. The topological polar surface area (TPSA) is 33.6 Å². The van der Waals surface area contributed by atoms with Crippen molar-refractivity contribution in [3.8, 4) is 39.7 Å². The Morgan fingerprint density at radius 1 is 0.387 bits per heavy atom. The Labute approximate surface area is 341 Å². The van der Waals surface area contributed by atoms with Crippen LogP contribution in [-0.4, -0.2) is 9.13 Å². The zero-order chi connectivity index (χ0) is 44.1. The van der Waals surface area contributed by atoms with Crippen molar-refractivity contribution < 1.29 is 52.7 Å². The molecule has 0 atom stereocenters. The van der Waals surface area contributed by atoms with E-state index >= 15 is 0 Å². The maximum absolute atomic E-state index is 14.7. The predicted octanol–water partition coefficient (Wildman–Crippen LogP) is 15.2. The van der Waals surface area contributed by atoms with Crippen LogP contribution in [0.2, 0.25) is 0 Å². The number of rotatable bonds is 4. The van der Waals surface area contributed by atoms with Gasteiger partial charge in [-0.15, -0.1) is 0 Å². The van der Waals surface area contributed by atoms with Gasteiger partial charge in [-0.3, -0.25) is 0 Å². The van der Waals surface area contributed by atoms with Crippen molar-refractivity contribution >= 4 is 43.6 Å². The molecule has 7 aromatic carbocycles. The molecule has 0 saturated carbocycles. The van der Waals surface area contributed by atoms with Crippen LogP contribution in [0.5, 0.6) is 0 Å². The molecule has 0 bridgehead atoms. The first kappa shape index (κ1) is 40.2. The number of benzene rings is 7. The highest BCUT2D eigenvalue weighted by Gasteiger charge is 2.39. The van der Waals surface area contributed by atoms with Crippen LogP contribution in [0.1, 0.15) is 27.8 Å². The van der Waals surface area contributed by atoms with Crippen LogP contribution >= 0.6 is 0 Å². The van der Waals surface area contributed by atoms with Gasteiger partial charge in [-0.25, -0.2) is 0 Å². The van der Waals surface area contributed by atoms with Crippen molar-refractivity contribution in [2.45, 2.75) is 24.7 Å². The standard InChI is InChI=1S/C47H23F12N3/c48-44(49,50)27-14-18-39-33(21-27)31-7-1-3-9-37(31)61(39)41-17-12-25(30-16-13-29(46(54,55)56)23-36(30)47(57,58)59)20-35(41)43-26(24-60)6-5-11-42(43)62-38-10-4-2-8-32(38)34-22-28(45(51,52)53)15-19-40(34)62/h1-23H. The number of aromatic nitrogens is 2. The highest BCUT2D eigenvalue weighted by Crippen LogP contribution is 2.47. The van der Waals surface area contributed by atoms with Gasteiger partial charge in [0.25, 0.3) is 0 Å². The van der Waals surface area contributed by atoms with Crippen molar-refractivity contribution in [3.05, 3.63) is 167 Å². The van der Waals surface area contributed by atoms with Crippen LogP contribution < -0.4 is 0 Å². The number of nitrogens with zero attached hydrogens (tertiary/aromatic N) is 3. The monoisotopic (exact) mass is 857 g/mol. The minimum atomic E-state index is -5.29. The fourth-order valence-electron chi connectivity index (χ4n) is 8.23. The van der Waals surface area contributed by atoms with E-state index in [0.717, 1.165) is 24.3 Å². The van der Waals surface area contributed by atoms with E-state index in [1.807, 2.05) is 0 Å². The number of fused-ring (bicyclic) bond motifs is 6. The first-order valence-electron chi connectivity index (χ1n) is 18.4. The molecule has 0 radical (unpaired) electrons. The number of nitriles is 1. The Bertz CT molecular complexity index is 3320. The maximum atomic E-state index is 14.7. The first-order valence-corrected chi connectivity index (χ1v) is 18.4. The van der Waals surface area contributed by atoms with E-state index in [2.05, 4.69) is 6.07 Å². The lowest BCUT2D eigenvalue weighted by atomic mass is 9.90. The van der Waals surface area contributed by atoms with Crippen LogP contribution in [0.15, 0.2) is 140 Å². The zero-order valence-electron chi connectivity index (χ0n) is 31.2. The summed E-state index contributed by atoms with van der Waals surface area (Å²) in [4.78, 5) is 0. The molecule has 0 amide bonds. The highest BCUT2D eigenvalue weighted by atomic mass is 19.4. The molecule has 0 saturated heterocycles. The average Bonchev–Trinajstić information content (AvgIpc) is 3.74. The third-order valence-electron chi connectivity index (χ3n) is 10.9. The lowest BCUT2D eigenvalue weighted by Gasteiger charge is -2.22. The van der Waals surface area contributed by atoms with Crippen molar-refractivity contribution in [3.63, 3.8) is 0 Å².